The molecule has 2 atom stereocenters. The largest absolute Gasteiger partial charge is 0.390 e. The Morgan fingerprint density at radius 1 is 0.926 bits per heavy atom. The van der Waals surface area contributed by atoms with Gasteiger partial charge >= 0.3 is 0 Å². The van der Waals surface area contributed by atoms with Crippen molar-refractivity contribution in [2.75, 3.05) is 39.4 Å². The fourth-order valence-electron chi connectivity index (χ4n) is 3.93. The maximum atomic E-state index is 10.6. The van der Waals surface area contributed by atoms with Gasteiger partial charge in [0, 0.05) is 49.9 Å². The number of likely N-dealkylation sites (tertiary alicyclic amines) is 1. The van der Waals surface area contributed by atoms with Crippen LogP contribution in [0.15, 0.2) is 54.6 Å². The van der Waals surface area contributed by atoms with E-state index in [2.05, 4.69) is 39.8 Å². The Labute approximate surface area is 161 Å². The third-order valence-electron chi connectivity index (χ3n) is 5.38. The van der Waals surface area contributed by atoms with Crippen molar-refractivity contribution in [3.63, 3.8) is 0 Å². The van der Waals surface area contributed by atoms with Gasteiger partial charge in [-0.15, -0.1) is 0 Å². The van der Waals surface area contributed by atoms with E-state index in [1.165, 1.54) is 5.56 Å². The summed E-state index contributed by atoms with van der Waals surface area (Å²) < 4.78 is 5.44. The molecule has 0 spiro atoms. The zero-order valence-corrected chi connectivity index (χ0v) is 15.6. The van der Waals surface area contributed by atoms with E-state index in [0.29, 0.717) is 6.54 Å². The number of morpholine rings is 1. The molecule has 0 bridgehead atoms. The molecule has 4 heteroatoms. The van der Waals surface area contributed by atoms with E-state index in [-0.39, 0.29) is 12.1 Å². The molecule has 140 valence electrons. The van der Waals surface area contributed by atoms with Crippen molar-refractivity contribution in [3.8, 4) is 11.8 Å². The SMILES string of the molecule is O[C@H]1CN(Cc2ccccc2C#Cc2ccccc2)C[C@@H]1N1CCOCC1. The van der Waals surface area contributed by atoms with Gasteiger partial charge in [0.05, 0.1) is 19.3 Å². The van der Waals surface area contributed by atoms with Crippen LogP contribution in [0.3, 0.4) is 0 Å². The van der Waals surface area contributed by atoms with Gasteiger partial charge in [0.25, 0.3) is 0 Å². The quantitative estimate of drug-likeness (QED) is 0.847. The maximum absolute atomic E-state index is 10.6. The van der Waals surface area contributed by atoms with Crippen LogP contribution in [-0.2, 0) is 11.3 Å². The smallest absolute Gasteiger partial charge is 0.0834 e. The van der Waals surface area contributed by atoms with E-state index in [0.717, 1.165) is 50.5 Å². The van der Waals surface area contributed by atoms with Gasteiger partial charge in [-0.1, -0.05) is 48.2 Å². The zero-order chi connectivity index (χ0) is 18.5. The molecule has 2 aromatic carbocycles. The molecule has 0 amide bonds. The molecule has 1 N–H and O–H groups in total. The van der Waals surface area contributed by atoms with E-state index >= 15 is 0 Å². The zero-order valence-electron chi connectivity index (χ0n) is 15.6. The fraction of sp³-hybridized carbons (Fsp3) is 0.391. The molecule has 0 aliphatic carbocycles. The summed E-state index contributed by atoms with van der Waals surface area (Å²) in [5, 5.41) is 10.6. The number of ether oxygens (including phenoxy) is 1. The van der Waals surface area contributed by atoms with Gasteiger partial charge in [0.2, 0.25) is 0 Å². The summed E-state index contributed by atoms with van der Waals surface area (Å²) in [4.78, 5) is 4.71. The molecule has 4 nitrogen and oxygen atoms in total. The van der Waals surface area contributed by atoms with E-state index in [4.69, 9.17) is 4.74 Å². The summed E-state index contributed by atoms with van der Waals surface area (Å²) in [7, 11) is 0. The van der Waals surface area contributed by atoms with Gasteiger partial charge < -0.3 is 9.84 Å². The molecule has 4 rings (SSSR count). The summed E-state index contributed by atoms with van der Waals surface area (Å²) in [5.41, 5.74) is 3.30. The van der Waals surface area contributed by atoms with Crippen LogP contribution in [0, 0.1) is 11.8 Å². The minimum absolute atomic E-state index is 0.205. The molecular formula is C23H26N2O2. The summed E-state index contributed by atoms with van der Waals surface area (Å²) in [6, 6.07) is 18.6. The van der Waals surface area contributed by atoms with Gasteiger partial charge in [-0.3, -0.25) is 9.80 Å². The lowest BCUT2D eigenvalue weighted by molar-refractivity contribution is -0.00618. The van der Waals surface area contributed by atoms with Crippen LogP contribution < -0.4 is 0 Å². The van der Waals surface area contributed by atoms with Crippen LogP contribution >= 0.6 is 0 Å². The number of aliphatic hydroxyl groups excluding tert-OH is 1. The van der Waals surface area contributed by atoms with Gasteiger partial charge in [-0.25, -0.2) is 0 Å². The number of hydrogen-bond donors (Lipinski definition) is 1. The number of β-amino-alcohol motifs (C(OH)–C–C–N with tert-alkyl or cyclic N) is 1. The van der Waals surface area contributed by atoms with E-state index < -0.39 is 0 Å². The lowest BCUT2D eigenvalue weighted by atomic mass is 10.1. The summed E-state index contributed by atoms with van der Waals surface area (Å²) in [6.07, 6.45) is -0.300. The van der Waals surface area contributed by atoms with Gasteiger partial charge in [0.1, 0.15) is 0 Å². The monoisotopic (exact) mass is 362 g/mol. The summed E-state index contributed by atoms with van der Waals surface area (Å²) in [6.45, 7) is 5.77. The second-order valence-corrected chi connectivity index (χ2v) is 7.25. The molecule has 27 heavy (non-hydrogen) atoms. The van der Waals surface area contributed by atoms with E-state index in [1.807, 2.05) is 36.4 Å². The molecule has 0 saturated carbocycles. The average molecular weight is 362 g/mol. The number of rotatable bonds is 3. The molecule has 2 aliphatic heterocycles. The van der Waals surface area contributed by atoms with Crippen LogP contribution in [0.5, 0.6) is 0 Å². The highest BCUT2D eigenvalue weighted by Crippen LogP contribution is 2.21. The first-order valence-corrected chi connectivity index (χ1v) is 9.67. The first kappa shape index (κ1) is 18.2. The Morgan fingerprint density at radius 2 is 1.67 bits per heavy atom. The second-order valence-electron chi connectivity index (χ2n) is 7.25. The van der Waals surface area contributed by atoms with Crippen molar-refractivity contribution in [1.29, 1.82) is 0 Å². The highest BCUT2D eigenvalue weighted by Gasteiger charge is 2.36. The Morgan fingerprint density at radius 3 is 2.48 bits per heavy atom. The van der Waals surface area contributed by atoms with Crippen LogP contribution in [0.2, 0.25) is 0 Å². The van der Waals surface area contributed by atoms with Crippen molar-refractivity contribution in [2.45, 2.75) is 18.7 Å². The van der Waals surface area contributed by atoms with Crippen molar-refractivity contribution >= 4 is 0 Å². The van der Waals surface area contributed by atoms with Crippen LogP contribution in [0.25, 0.3) is 0 Å². The van der Waals surface area contributed by atoms with Crippen molar-refractivity contribution in [3.05, 3.63) is 71.3 Å². The third kappa shape index (κ3) is 4.58. The number of nitrogens with zero attached hydrogens (tertiary/aromatic N) is 2. The normalized spacial score (nSPS) is 23.7. The molecular weight excluding hydrogens is 336 g/mol. The minimum atomic E-state index is -0.300. The Kier molecular flexibility index (Phi) is 5.86. The first-order valence-electron chi connectivity index (χ1n) is 9.67. The van der Waals surface area contributed by atoms with Crippen molar-refractivity contribution in [2.24, 2.45) is 0 Å². The number of aliphatic hydroxyl groups is 1. The summed E-state index contributed by atoms with van der Waals surface area (Å²) >= 11 is 0. The van der Waals surface area contributed by atoms with Gasteiger partial charge in [-0.2, -0.15) is 0 Å². The number of benzene rings is 2. The molecule has 2 aromatic rings. The van der Waals surface area contributed by atoms with E-state index in [1.54, 1.807) is 0 Å². The predicted octanol–water partition coefficient (Wildman–Crippen LogP) is 1.96. The summed E-state index contributed by atoms with van der Waals surface area (Å²) in [5.74, 6) is 6.58. The van der Waals surface area contributed by atoms with Crippen molar-refractivity contribution in [1.82, 2.24) is 9.80 Å². The molecule has 0 aromatic heterocycles. The Balaban J connectivity index is 1.45. The molecule has 0 unspecified atom stereocenters. The Bertz CT molecular complexity index is 806. The molecule has 2 aliphatic rings. The molecule has 2 heterocycles. The molecule has 2 fully saturated rings. The van der Waals surface area contributed by atoms with Gasteiger partial charge in [0.15, 0.2) is 0 Å². The molecule has 0 radical (unpaired) electrons. The maximum Gasteiger partial charge on any atom is 0.0834 e. The highest BCUT2D eigenvalue weighted by atomic mass is 16.5. The average Bonchev–Trinajstić information content (AvgIpc) is 3.09. The number of hydrogen-bond acceptors (Lipinski definition) is 4. The fourth-order valence-corrected chi connectivity index (χ4v) is 3.93. The van der Waals surface area contributed by atoms with E-state index in [9.17, 15) is 5.11 Å². The third-order valence-corrected chi connectivity index (χ3v) is 5.38. The van der Waals surface area contributed by atoms with Crippen LogP contribution in [0.4, 0.5) is 0 Å². The minimum Gasteiger partial charge on any atom is -0.390 e. The lowest BCUT2D eigenvalue weighted by Gasteiger charge is -2.33. The van der Waals surface area contributed by atoms with Crippen LogP contribution in [0.1, 0.15) is 16.7 Å². The van der Waals surface area contributed by atoms with Crippen molar-refractivity contribution < 1.29 is 9.84 Å². The predicted molar refractivity (Wildman–Crippen MR) is 106 cm³/mol. The second kappa shape index (κ2) is 8.69. The lowest BCUT2D eigenvalue weighted by Crippen LogP contribution is -2.48. The molecule has 2 saturated heterocycles. The highest BCUT2D eigenvalue weighted by molar-refractivity contribution is 5.46. The van der Waals surface area contributed by atoms with Crippen LogP contribution in [-0.4, -0.2) is 66.4 Å². The topological polar surface area (TPSA) is 35.9 Å². The Hall–Kier alpha value is -2.16. The van der Waals surface area contributed by atoms with Gasteiger partial charge in [-0.05, 0) is 23.8 Å². The first-order chi connectivity index (χ1) is 13.3. The standard InChI is InChI=1S/C23H26N2O2/c26-23-18-24(17-22(23)25-12-14-27-15-13-25)16-21-9-5-4-8-20(21)11-10-19-6-2-1-3-7-19/h1-9,22-23,26H,12-18H2/t22-,23-/m0/s1.